The van der Waals surface area contributed by atoms with Gasteiger partial charge in [-0.2, -0.15) is 0 Å². The summed E-state index contributed by atoms with van der Waals surface area (Å²) < 4.78 is 0. The molecule has 1 aromatic rings. The second kappa shape index (κ2) is 5.87. The average molecular weight is 261 g/mol. The summed E-state index contributed by atoms with van der Waals surface area (Å²) in [5.74, 6) is -0.973. The lowest BCUT2D eigenvalue weighted by Gasteiger charge is -2.33. The van der Waals surface area contributed by atoms with Crippen molar-refractivity contribution in [2.45, 2.75) is 38.6 Å². The van der Waals surface area contributed by atoms with Crippen molar-refractivity contribution in [3.05, 3.63) is 35.4 Å². The van der Waals surface area contributed by atoms with Gasteiger partial charge in [0.05, 0.1) is 6.42 Å². The van der Waals surface area contributed by atoms with Crippen LogP contribution < -0.4 is 0 Å². The Balaban J connectivity index is 2.10. The normalized spacial score (nSPS) is 19.2. The van der Waals surface area contributed by atoms with Crippen LogP contribution in [-0.2, 0) is 16.0 Å². The van der Waals surface area contributed by atoms with E-state index >= 15 is 0 Å². The Morgan fingerprint density at radius 2 is 2.05 bits per heavy atom. The number of amides is 1. The largest absolute Gasteiger partial charge is 0.480 e. The van der Waals surface area contributed by atoms with Crippen LogP contribution in [0.1, 0.15) is 30.4 Å². The fourth-order valence-corrected chi connectivity index (χ4v) is 2.56. The van der Waals surface area contributed by atoms with Gasteiger partial charge in [-0.1, -0.05) is 24.3 Å². The van der Waals surface area contributed by atoms with Crippen molar-refractivity contribution >= 4 is 11.9 Å². The van der Waals surface area contributed by atoms with Gasteiger partial charge in [-0.25, -0.2) is 4.79 Å². The minimum atomic E-state index is -0.891. The highest BCUT2D eigenvalue weighted by Crippen LogP contribution is 2.19. The average Bonchev–Trinajstić information content (AvgIpc) is 2.41. The number of carbonyl (C=O) groups is 2. The van der Waals surface area contributed by atoms with Gasteiger partial charge in [0.15, 0.2) is 0 Å². The minimum absolute atomic E-state index is 0.0820. The molecule has 0 spiro atoms. The molecule has 0 bridgehead atoms. The lowest BCUT2D eigenvalue weighted by molar-refractivity contribution is -0.151. The smallest absolute Gasteiger partial charge is 0.326 e. The van der Waals surface area contributed by atoms with Crippen LogP contribution in [0.3, 0.4) is 0 Å². The van der Waals surface area contributed by atoms with E-state index in [1.54, 1.807) is 0 Å². The number of hydrogen-bond acceptors (Lipinski definition) is 2. The molecular formula is C15H19NO3. The molecule has 2 rings (SSSR count). The van der Waals surface area contributed by atoms with Crippen molar-refractivity contribution in [3.8, 4) is 0 Å². The molecule has 4 heteroatoms. The summed E-state index contributed by atoms with van der Waals surface area (Å²) >= 11 is 0. The summed E-state index contributed by atoms with van der Waals surface area (Å²) in [6.45, 7) is 2.52. The Morgan fingerprint density at radius 3 is 2.74 bits per heavy atom. The first kappa shape index (κ1) is 13.6. The quantitative estimate of drug-likeness (QED) is 0.905. The topological polar surface area (TPSA) is 57.6 Å². The third kappa shape index (κ3) is 3.13. The van der Waals surface area contributed by atoms with Crippen LogP contribution in [0.5, 0.6) is 0 Å². The fraction of sp³-hybridized carbons (Fsp3) is 0.467. The van der Waals surface area contributed by atoms with Crippen LogP contribution >= 0.6 is 0 Å². The summed E-state index contributed by atoms with van der Waals surface area (Å²) in [4.78, 5) is 25.0. The second-order valence-electron chi connectivity index (χ2n) is 5.04. The van der Waals surface area contributed by atoms with Gasteiger partial charge < -0.3 is 10.0 Å². The number of carbonyl (C=O) groups excluding carboxylic acids is 1. The number of benzene rings is 1. The van der Waals surface area contributed by atoms with Gasteiger partial charge in [-0.3, -0.25) is 4.79 Å². The number of carboxylic acids is 1. The third-order valence-corrected chi connectivity index (χ3v) is 3.71. The number of aliphatic carboxylic acids is 1. The summed E-state index contributed by atoms with van der Waals surface area (Å²) in [6, 6.07) is 7.08. The van der Waals surface area contributed by atoms with Gasteiger partial charge in [0, 0.05) is 6.54 Å². The number of likely N-dealkylation sites (tertiary alicyclic amines) is 1. The van der Waals surface area contributed by atoms with E-state index in [1.165, 1.54) is 4.90 Å². The maximum Gasteiger partial charge on any atom is 0.326 e. The number of piperidine rings is 1. The molecule has 0 aromatic heterocycles. The molecule has 1 heterocycles. The molecule has 1 amide bonds. The zero-order chi connectivity index (χ0) is 13.8. The van der Waals surface area contributed by atoms with E-state index in [0.29, 0.717) is 13.0 Å². The molecular weight excluding hydrogens is 242 g/mol. The first-order valence-corrected chi connectivity index (χ1v) is 6.66. The molecule has 0 aliphatic carbocycles. The molecule has 1 atom stereocenters. The van der Waals surface area contributed by atoms with Gasteiger partial charge in [0.1, 0.15) is 6.04 Å². The van der Waals surface area contributed by atoms with Crippen molar-refractivity contribution in [3.63, 3.8) is 0 Å². The molecule has 1 fully saturated rings. The van der Waals surface area contributed by atoms with Crippen molar-refractivity contribution in [2.75, 3.05) is 6.54 Å². The molecule has 4 nitrogen and oxygen atoms in total. The Labute approximate surface area is 113 Å². The molecule has 1 aliphatic rings. The Bertz CT molecular complexity index is 484. The van der Waals surface area contributed by atoms with Crippen LogP contribution in [0.4, 0.5) is 0 Å². The van der Waals surface area contributed by atoms with Gasteiger partial charge in [-0.15, -0.1) is 0 Å². The standard InChI is InChI=1S/C15H19NO3/c1-11-6-2-3-7-12(11)10-14(17)16-9-5-4-8-13(16)15(18)19/h2-3,6-7,13H,4-5,8-10H2,1H3,(H,18,19)/t13-/m1/s1. The monoisotopic (exact) mass is 261 g/mol. The predicted octanol–water partition coefficient (Wildman–Crippen LogP) is 2.00. The van der Waals surface area contributed by atoms with Crippen LogP contribution in [-0.4, -0.2) is 34.5 Å². The fourth-order valence-electron chi connectivity index (χ4n) is 2.56. The molecule has 0 radical (unpaired) electrons. The molecule has 19 heavy (non-hydrogen) atoms. The summed E-state index contributed by atoms with van der Waals surface area (Å²) in [7, 11) is 0. The van der Waals surface area contributed by atoms with Crippen LogP contribution in [0.25, 0.3) is 0 Å². The minimum Gasteiger partial charge on any atom is -0.480 e. The summed E-state index contributed by atoms with van der Waals surface area (Å²) in [5.41, 5.74) is 2.04. The number of hydrogen-bond donors (Lipinski definition) is 1. The number of aryl methyl sites for hydroxylation is 1. The molecule has 0 unspecified atom stereocenters. The van der Waals surface area contributed by atoms with Gasteiger partial charge >= 0.3 is 5.97 Å². The lowest BCUT2D eigenvalue weighted by atomic mass is 10.00. The van der Waals surface area contributed by atoms with Crippen molar-refractivity contribution < 1.29 is 14.7 Å². The van der Waals surface area contributed by atoms with Gasteiger partial charge in [-0.05, 0) is 37.3 Å². The van der Waals surface area contributed by atoms with E-state index in [0.717, 1.165) is 24.0 Å². The third-order valence-electron chi connectivity index (χ3n) is 3.71. The highest BCUT2D eigenvalue weighted by atomic mass is 16.4. The molecule has 1 saturated heterocycles. The van der Waals surface area contributed by atoms with E-state index < -0.39 is 12.0 Å². The predicted molar refractivity (Wildman–Crippen MR) is 71.9 cm³/mol. The maximum absolute atomic E-state index is 12.3. The molecule has 1 aromatic carbocycles. The van der Waals surface area contributed by atoms with E-state index in [1.807, 2.05) is 31.2 Å². The number of nitrogens with zero attached hydrogens (tertiary/aromatic N) is 1. The number of rotatable bonds is 3. The maximum atomic E-state index is 12.3. The summed E-state index contributed by atoms with van der Waals surface area (Å²) in [6.07, 6.45) is 2.62. The first-order chi connectivity index (χ1) is 9.09. The summed E-state index contributed by atoms with van der Waals surface area (Å²) in [5, 5.41) is 9.18. The van der Waals surface area contributed by atoms with Crippen molar-refractivity contribution in [2.24, 2.45) is 0 Å². The van der Waals surface area contributed by atoms with E-state index in [-0.39, 0.29) is 12.3 Å². The lowest BCUT2D eigenvalue weighted by Crippen LogP contribution is -2.48. The van der Waals surface area contributed by atoms with E-state index in [4.69, 9.17) is 0 Å². The second-order valence-corrected chi connectivity index (χ2v) is 5.04. The van der Waals surface area contributed by atoms with Gasteiger partial charge in [0.2, 0.25) is 5.91 Å². The van der Waals surface area contributed by atoms with Crippen LogP contribution in [0, 0.1) is 6.92 Å². The van der Waals surface area contributed by atoms with E-state index in [9.17, 15) is 14.7 Å². The Kier molecular flexibility index (Phi) is 4.20. The highest BCUT2D eigenvalue weighted by Gasteiger charge is 2.31. The van der Waals surface area contributed by atoms with Crippen LogP contribution in [0.15, 0.2) is 24.3 Å². The Hall–Kier alpha value is -1.84. The molecule has 1 N–H and O–H groups in total. The molecule has 0 saturated carbocycles. The van der Waals surface area contributed by atoms with Gasteiger partial charge in [0.25, 0.3) is 0 Å². The molecule has 102 valence electrons. The van der Waals surface area contributed by atoms with Crippen LogP contribution in [0.2, 0.25) is 0 Å². The number of carboxylic acid groups (broad SMARTS) is 1. The molecule has 1 aliphatic heterocycles. The van der Waals surface area contributed by atoms with Crippen molar-refractivity contribution in [1.29, 1.82) is 0 Å². The van der Waals surface area contributed by atoms with E-state index in [2.05, 4.69) is 0 Å². The van der Waals surface area contributed by atoms with Crippen molar-refractivity contribution in [1.82, 2.24) is 4.90 Å². The SMILES string of the molecule is Cc1ccccc1CC(=O)N1CCCC[C@@H]1C(=O)O. The highest BCUT2D eigenvalue weighted by molar-refractivity contribution is 5.85. The Morgan fingerprint density at radius 1 is 1.32 bits per heavy atom. The zero-order valence-corrected chi connectivity index (χ0v) is 11.1. The first-order valence-electron chi connectivity index (χ1n) is 6.66. The zero-order valence-electron chi connectivity index (χ0n) is 11.1.